The summed E-state index contributed by atoms with van der Waals surface area (Å²) < 4.78 is 64.4. The van der Waals surface area contributed by atoms with Gasteiger partial charge in [0.1, 0.15) is 23.2 Å². The molecule has 192 valence electrons. The van der Waals surface area contributed by atoms with Gasteiger partial charge in [-0.15, -0.1) is 11.3 Å². The summed E-state index contributed by atoms with van der Waals surface area (Å²) in [7, 11) is 0. The van der Waals surface area contributed by atoms with Crippen LogP contribution in [-0.4, -0.2) is 17.8 Å². The summed E-state index contributed by atoms with van der Waals surface area (Å²) in [6, 6.07) is 19.0. The Hall–Kier alpha value is -3.56. The average molecular weight is 529 g/mol. The number of ether oxygens (including phenoxy) is 2. The largest absolute Gasteiger partial charge is 0.488 e. The fraction of sp³-hybridized carbons (Fsp3) is 0.214. The quantitative estimate of drug-likeness (QED) is 0.123. The van der Waals surface area contributed by atoms with Crippen LogP contribution in [-0.2, 0) is 30.5 Å². The van der Waals surface area contributed by atoms with E-state index in [4.69, 9.17) is 14.9 Å². The van der Waals surface area contributed by atoms with E-state index in [2.05, 4.69) is 4.98 Å². The van der Waals surface area contributed by atoms with Crippen molar-refractivity contribution in [3.05, 3.63) is 106 Å². The third-order valence-electron chi connectivity index (χ3n) is 5.55. The van der Waals surface area contributed by atoms with Gasteiger partial charge in [0, 0.05) is 30.0 Å². The van der Waals surface area contributed by atoms with Crippen LogP contribution in [0.4, 0.5) is 17.6 Å². The third kappa shape index (κ3) is 7.24. The van der Waals surface area contributed by atoms with E-state index in [0.717, 1.165) is 34.5 Å². The summed E-state index contributed by atoms with van der Waals surface area (Å²) in [5.74, 6) is -0.247. The summed E-state index contributed by atoms with van der Waals surface area (Å²) in [5, 5.41) is 7.79. The number of thiazole rings is 1. The van der Waals surface area contributed by atoms with Crippen molar-refractivity contribution < 1.29 is 27.0 Å². The zero-order chi connectivity index (χ0) is 26.3. The molecule has 4 aromatic rings. The first-order valence-corrected chi connectivity index (χ1v) is 12.4. The van der Waals surface area contributed by atoms with Crippen molar-refractivity contribution in [2.24, 2.45) is 0 Å². The maximum atomic E-state index is 14.0. The van der Waals surface area contributed by atoms with Gasteiger partial charge in [0.2, 0.25) is 0 Å². The van der Waals surface area contributed by atoms with Crippen LogP contribution < -0.4 is 4.74 Å². The number of aryl methyl sites for hydroxylation is 1. The van der Waals surface area contributed by atoms with E-state index in [1.165, 1.54) is 35.6 Å². The first kappa shape index (κ1) is 26.5. The summed E-state index contributed by atoms with van der Waals surface area (Å²) in [6.07, 6.45) is -2.20. The van der Waals surface area contributed by atoms with Crippen LogP contribution in [0.5, 0.6) is 5.75 Å². The molecule has 9 heteroatoms. The lowest BCUT2D eigenvalue weighted by atomic mass is 10.1. The van der Waals surface area contributed by atoms with Crippen LogP contribution in [0.3, 0.4) is 0 Å². The first-order valence-electron chi connectivity index (χ1n) is 11.5. The van der Waals surface area contributed by atoms with Crippen molar-refractivity contribution >= 4 is 17.6 Å². The van der Waals surface area contributed by atoms with Gasteiger partial charge in [0.05, 0.1) is 22.7 Å². The predicted molar refractivity (Wildman–Crippen MR) is 136 cm³/mol. The Morgan fingerprint density at radius 1 is 0.946 bits per heavy atom. The average Bonchev–Trinajstić information content (AvgIpc) is 3.30. The molecule has 1 aromatic heterocycles. The van der Waals surface area contributed by atoms with Crippen LogP contribution in [0.25, 0.3) is 10.6 Å². The lowest BCUT2D eigenvalue weighted by molar-refractivity contribution is -0.137. The van der Waals surface area contributed by atoms with Crippen molar-refractivity contribution in [1.29, 1.82) is 5.41 Å². The van der Waals surface area contributed by atoms with Crippen LogP contribution >= 0.6 is 11.3 Å². The molecule has 0 fully saturated rings. The van der Waals surface area contributed by atoms with Gasteiger partial charge in [0.25, 0.3) is 0 Å². The minimum Gasteiger partial charge on any atom is -0.488 e. The Morgan fingerprint density at radius 3 is 2.38 bits per heavy atom. The molecule has 0 atom stereocenters. The summed E-state index contributed by atoms with van der Waals surface area (Å²) in [6.45, 7) is 1.14. The van der Waals surface area contributed by atoms with Crippen LogP contribution in [0.2, 0.25) is 0 Å². The molecule has 3 aromatic carbocycles. The SMILES string of the molecule is N=Cc1ccc(OCc2sc(-c3ccc(C(F)(F)F)cc3)nc2CCCOCc2ccccc2)cc1F. The second-order valence-corrected chi connectivity index (χ2v) is 9.31. The smallest absolute Gasteiger partial charge is 0.416 e. The van der Waals surface area contributed by atoms with E-state index >= 15 is 0 Å². The van der Waals surface area contributed by atoms with Gasteiger partial charge in [-0.05, 0) is 42.7 Å². The highest BCUT2D eigenvalue weighted by atomic mass is 32.1. The number of hydrogen-bond donors (Lipinski definition) is 1. The zero-order valence-electron chi connectivity index (χ0n) is 19.7. The molecule has 0 aliphatic heterocycles. The molecule has 4 nitrogen and oxygen atoms in total. The van der Waals surface area contributed by atoms with Crippen molar-refractivity contribution in [1.82, 2.24) is 4.98 Å². The number of nitrogens with one attached hydrogen (secondary N) is 1. The first-order chi connectivity index (χ1) is 17.8. The lowest BCUT2D eigenvalue weighted by Crippen LogP contribution is -2.04. The topological polar surface area (TPSA) is 55.2 Å². The Balaban J connectivity index is 1.46. The van der Waals surface area contributed by atoms with Crippen LogP contribution in [0, 0.1) is 11.2 Å². The Kier molecular flexibility index (Phi) is 8.68. The van der Waals surface area contributed by atoms with E-state index in [1.54, 1.807) is 6.07 Å². The number of benzene rings is 3. The van der Waals surface area contributed by atoms with E-state index in [0.29, 0.717) is 42.4 Å². The van der Waals surface area contributed by atoms with Crippen molar-refractivity contribution in [2.75, 3.05) is 6.61 Å². The van der Waals surface area contributed by atoms with Crippen LogP contribution in [0.15, 0.2) is 72.8 Å². The normalized spacial score (nSPS) is 11.5. The molecule has 1 heterocycles. The van der Waals surface area contributed by atoms with E-state index in [9.17, 15) is 17.6 Å². The highest BCUT2D eigenvalue weighted by molar-refractivity contribution is 7.15. The summed E-state index contributed by atoms with van der Waals surface area (Å²) in [4.78, 5) is 5.48. The monoisotopic (exact) mass is 528 g/mol. The molecule has 0 unspecified atom stereocenters. The van der Waals surface area contributed by atoms with Crippen molar-refractivity contribution in [3.8, 4) is 16.3 Å². The Labute approximate surface area is 216 Å². The standard InChI is InChI=1S/C28H24F4N2O2S/c29-24-15-23(13-10-21(24)16-33)36-18-26-25(7-4-14-35-17-19-5-2-1-3-6-19)34-27(37-26)20-8-11-22(12-9-20)28(30,31)32/h1-3,5-6,8-13,15-16,33H,4,7,14,17-18H2. The maximum Gasteiger partial charge on any atom is 0.416 e. The third-order valence-corrected chi connectivity index (χ3v) is 6.67. The van der Waals surface area contributed by atoms with Gasteiger partial charge in [0.15, 0.2) is 0 Å². The minimum atomic E-state index is -4.41. The highest BCUT2D eigenvalue weighted by Crippen LogP contribution is 2.34. The molecule has 4 rings (SSSR count). The van der Waals surface area contributed by atoms with Crippen molar-refractivity contribution in [3.63, 3.8) is 0 Å². The maximum absolute atomic E-state index is 14.0. The summed E-state index contributed by atoms with van der Waals surface area (Å²) >= 11 is 1.33. The summed E-state index contributed by atoms with van der Waals surface area (Å²) in [5.41, 5.74) is 1.86. The van der Waals surface area contributed by atoms with Gasteiger partial charge in [-0.25, -0.2) is 9.37 Å². The lowest BCUT2D eigenvalue weighted by Gasteiger charge is -2.08. The zero-order valence-corrected chi connectivity index (χ0v) is 20.5. The molecule has 37 heavy (non-hydrogen) atoms. The second kappa shape index (κ2) is 12.1. The molecule has 0 amide bonds. The van der Waals surface area contributed by atoms with Gasteiger partial charge in [-0.2, -0.15) is 13.2 Å². The molecule has 0 saturated heterocycles. The molecular weight excluding hydrogens is 504 g/mol. The molecule has 0 radical (unpaired) electrons. The minimum absolute atomic E-state index is 0.127. The van der Waals surface area contributed by atoms with E-state index < -0.39 is 17.6 Å². The molecule has 0 spiro atoms. The molecule has 0 aliphatic rings. The van der Waals surface area contributed by atoms with Gasteiger partial charge in [-0.1, -0.05) is 42.5 Å². The van der Waals surface area contributed by atoms with E-state index in [1.807, 2.05) is 30.3 Å². The second-order valence-electron chi connectivity index (χ2n) is 8.22. The Morgan fingerprint density at radius 2 is 1.70 bits per heavy atom. The van der Waals surface area contributed by atoms with Gasteiger partial charge < -0.3 is 14.9 Å². The molecule has 0 aliphatic carbocycles. The molecule has 0 bridgehead atoms. The number of aromatic nitrogens is 1. The number of halogens is 4. The number of hydrogen-bond acceptors (Lipinski definition) is 5. The number of alkyl halides is 3. The number of nitrogens with zero attached hydrogens (tertiary/aromatic N) is 1. The molecule has 0 saturated carbocycles. The predicted octanol–water partition coefficient (Wildman–Crippen LogP) is 7.69. The van der Waals surface area contributed by atoms with Crippen LogP contribution in [0.1, 0.15) is 33.7 Å². The molecular formula is C28H24F4N2O2S. The number of rotatable bonds is 11. The van der Waals surface area contributed by atoms with Crippen molar-refractivity contribution in [2.45, 2.75) is 32.2 Å². The fourth-order valence-electron chi connectivity index (χ4n) is 3.59. The highest BCUT2D eigenvalue weighted by Gasteiger charge is 2.30. The molecule has 1 N–H and O–H groups in total. The van der Waals surface area contributed by atoms with Gasteiger partial charge in [-0.3, -0.25) is 0 Å². The fourth-order valence-corrected chi connectivity index (χ4v) is 4.61. The Bertz CT molecular complexity index is 1320. The van der Waals surface area contributed by atoms with E-state index in [-0.39, 0.29) is 12.2 Å². The van der Waals surface area contributed by atoms with Gasteiger partial charge >= 0.3 is 6.18 Å².